The first-order valence-corrected chi connectivity index (χ1v) is 19.7. The Balaban J connectivity index is 0.000000416. The van der Waals surface area contributed by atoms with Gasteiger partial charge in [-0.3, -0.25) is 4.21 Å². The predicted octanol–water partition coefficient (Wildman–Crippen LogP) is 6.37. The van der Waals surface area contributed by atoms with Crippen molar-refractivity contribution in [3.05, 3.63) is 146 Å². The molecule has 0 radical (unpaired) electrons. The van der Waals surface area contributed by atoms with E-state index in [1.807, 2.05) is 24.3 Å². The van der Waals surface area contributed by atoms with Gasteiger partial charge in [0.1, 0.15) is 69.9 Å². The topological polar surface area (TPSA) is 57.5 Å². The molecule has 0 aromatic heterocycles. The van der Waals surface area contributed by atoms with E-state index in [2.05, 4.69) is 0 Å². The Hall–Kier alpha value is -4.82. The number of hydrogen-bond donors (Lipinski definition) is 2. The van der Waals surface area contributed by atoms with Gasteiger partial charge in [0.2, 0.25) is 0 Å². The molecule has 0 amide bonds. The van der Waals surface area contributed by atoms with Gasteiger partial charge in [-0.2, -0.15) is 0 Å². The molecule has 0 saturated heterocycles. The summed E-state index contributed by atoms with van der Waals surface area (Å²) in [5.41, 5.74) is -13.2. The molecule has 0 spiro atoms. The zero-order valence-electron chi connectivity index (χ0n) is 30.1. The molecule has 0 saturated carbocycles. The molecule has 336 valence electrons. The van der Waals surface area contributed by atoms with E-state index in [9.17, 15) is 56.9 Å². The van der Waals surface area contributed by atoms with Crippen molar-refractivity contribution in [1.29, 1.82) is 0 Å². The highest BCUT2D eigenvalue weighted by atomic mass is 32.2. The minimum atomic E-state index is -7.22. The van der Waals surface area contributed by atoms with E-state index in [4.69, 9.17) is 10.2 Å². The van der Waals surface area contributed by atoms with Crippen molar-refractivity contribution in [3.8, 4) is 0 Å². The van der Waals surface area contributed by atoms with Crippen LogP contribution in [0.5, 0.6) is 0 Å². The Morgan fingerprint density at radius 1 is 0.403 bits per heavy atom. The highest BCUT2D eigenvalue weighted by molar-refractivity contribution is 7.96. The fraction of sp³-hybridized carbons (Fsp3) is 0.167. The van der Waals surface area contributed by atoms with E-state index >= 15 is 35.1 Å². The molecular formula is C36H19BF20O3S2. The summed E-state index contributed by atoms with van der Waals surface area (Å²) in [6.45, 7) is 0.334. The zero-order chi connectivity index (χ0) is 47.0. The summed E-state index contributed by atoms with van der Waals surface area (Å²) >= 11 is 0. The van der Waals surface area contributed by atoms with Crippen LogP contribution in [0.1, 0.15) is 5.56 Å². The van der Waals surface area contributed by atoms with Gasteiger partial charge >= 0.3 is 0 Å². The predicted molar refractivity (Wildman–Crippen MR) is 183 cm³/mol. The van der Waals surface area contributed by atoms with Crippen molar-refractivity contribution >= 4 is 49.7 Å². The molecule has 0 aliphatic carbocycles. The van der Waals surface area contributed by atoms with Gasteiger partial charge < -0.3 is 10.2 Å². The van der Waals surface area contributed by atoms with E-state index in [1.165, 1.54) is 5.56 Å². The number of rotatable bonds is 11. The van der Waals surface area contributed by atoms with Gasteiger partial charge in [0.15, 0.2) is 69.8 Å². The normalized spacial score (nSPS) is 12.3. The third-order valence-electron chi connectivity index (χ3n) is 9.09. The van der Waals surface area contributed by atoms with Crippen molar-refractivity contribution in [2.75, 3.05) is 31.0 Å². The van der Waals surface area contributed by atoms with Gasteiger partial charge in [0.25, 0.3) is 0 Å². The van der Waals surface area contributed by atoms with Gasteiger partial charge in [-0.1, -0.05) is 12.1 Å². The maximum atomic E-state index is 15.4. The third-order valence-corrected chi connectivity index (χ3v) is 12.3. The standard InChI is InChI=1S/C24BF20.C12H19O3S2/c26-5-1(6(27)14(35)21(42)13(5)34)25(2-7(28)15(36)22(43)16(37)8(2)29,3-9(30)17(38)23(44)18(39)10(3)31)4-11(32)19(40)24(45)20(41)12(4)33;1-16(15)12-4-2-11(3-5-12)10-17(8-6-13)9-7-14/h;2-5,13-14H,6-10H2,1H3/q-1;+1. The summed E-state index contributed by atoms with van der Waals surface area (Å²) in [7, 11) is -0.903. The minimum Gasteiger partial charge on any atom is -0.391 e. The lowest BCUT2D eigenvalue weighted by molar-refractivity contribution is 0.316. The SMILES string of the molecule is CS(=O)c1ccc(C[S+](CCO)CCO)cc1.Fc1c(F)c(F)c([B-](c2c(F)c(F)c(F)c(F)c2F)(c2c(F)c(F)c(F)c(F)c2F)c2c(F)c(F)c(F)c(F)c2F)c(F)c1F. The molecule has 0 bridgehead atoms. The van der Waals surface area contributed by atoms with Gasteiger partial charge in [0, 0.05) is 27.5 Å². The summed E-state index contributed by atoms with van der Waals surface area (Å²) in [4.78, 5) is 0.831. The fourth-order valence-corrected chi connectivity index (χ4v) is 8.58. The van der Waals surface area contributed by atoms with Crippen molar-refractivity contribution in [2.45, 2.75) is 10.6 Å². The number of benzene rings is 5. The van der Waals surface area contributed by atoms with Crippen molar-refractivity contribution in [1.82, 2.24) is 0 Å². The monoisotopic (exact) mass is 954 g/mol. The van der Waals surface area contributed by atoms with Crippen molar-refractivity contribution in [2.24, 2.45) is 0 Å². The maximum absolute atomic E-state index is 15.4. The lowest BCUT2D eigenvalue weighted by atomic mass is 9.12. The van der Waals surface area contributed by atoms with E-state index in [0.29, 0.717) is 0 Å². The van der Waals surface area contributed by atoms with Crippen LogP contribution in [0.3, 0.4) is 0 Å². The quantitative estimate of drug-likeness (QED) is 0.0533. The van der Waals surface area contributed by atoms with Crippen LogP contribution in [-0.4, -0.2) is 51.5 Å². The summed E-state index contributed by atoms with van der Waals surface area (Å²) in [5, 5.41) is 17.9. The van der Waals surface area contributed by atoms with Crippen LogP contribution in [0.2, 0.25) is 0 Å². The number of aliphatic hydroxyl groups is 2. The molecule has 1 atom stereocenters. The summed E-state index contributed by atoms with van der Waals surface area (Å²) in [5.74, 6) is -69.1. The minimum absolute atomic E-state index is 0.0313. The van der Waals surface area contributed by atoms with Crippen LogP contribution >= 0.6 is 0 Å². The molecule has 5 rings (SSSR count). The Labute approximate surface area is 339 Å². The lowest BCUT2D eigenvalue weighted by Gasteiger charge is -2.44. The molecule has 62 heavy (non-hydrogen) atoms. The first kappa shape index (κ1) is 49.8. The molecule has 5 aromatic rings. The molecule has 0 aliphatic rings. The Morgan fingerprint density at radius 3 is 0.806 bits per heavy atom. The van der Waals surface area contributed by atoms with E-state index < -0.39 is 155 Å². The van der Waals surface area contributed by atoms with E-state index in [1.54, 1.807) is 6.26 Å². The average Bonchev–Trinajstić information content (AvgIpc) is 3.24. The van der Waals surface area contributed by atoms with Crippen LogP contribution in [0, 0.1) is 116 Å². The second-order valence-corrected chi connectivity index (χ2v) is 16.2. The van der Waals surface area contributed by atoms with Crippen LogP contribution in [0.15, 0.2) is 29.2 Å². The number of aliphatic hydroxyl groups excluding tert-OH is 2. The Bertz CT molecular complexity index is 2190. The van der Waals surface area contributed by atoms with Crippen LogP contribution < -0.4 is 21.9 Å². The second-order valence-electron chi connectivity index (χ2n) is 12.5. The molecule has 0 fully saturated rings. The van der Waals surface area contributed by atoms with Crippen LogP contribution in [0.4, 0.5) is 87.8 Å². The van der Waals surface area contributed by atoms with Gasteiger partial charge in [-0.25, -0.2) is 87.8 Å². The fourth-order valence-electron chi connectivity index (χ4n) is 6.39. The smallest absolute Gasteiger partial charge is 0.200 e. The van der Waals surface area contributed by atoms with Crippen molar-refractivity contribution < 1.29 is 102 Å². The molecule has 0 aliphatic heterocycles. The molecular weight excluding hydrogens is 935 g/mol. The molecule has 3 nitrogen and oxygen atoms in total. The van der Waals surface area contributed by atoms with E-state index in [-0.39, 0.29) is 24.1 Å². The highest BCUT2D eigenvalue weighted by Crippen LogP contribution is 2.31. The Morgan fingerprint density at radius 2 is 0.613 bits per heavy atom. The molecule has 26 heteroatoms. The average molecular weight is 954 g/mol. The maximum Gasteiger partial charge on any atom is 0.200 e. The summed E-state index contributed by atoms with van der Waals surface area (Å²) in [6, 6.07) is 7.71. The highest BCUT2D eigenvalue weighted by Gasteiger charge is 2.52. The molecule has 1 unspecified atom stereocenters. The first-order chi connectivity index (χ1) is 28.9. The molecule has 2 N–H and O–H groups in total. The van der Waals surface area contributed by atoms with Gasteiger partial charge in [-0.05, 0) is 23.0 Å². The number of halogens is 20. The second kappa shape index (κ2) is 19.3. The van der Waals surface area contributed by atoms with Crippen LogP contribution in [-0.2, 0) is 27.4 Å². The molecule has 0 heterocycles. The zero-order valence-corrected chi connectivity index (χ0v) is 31.7. The first-order valence-electron chi connectivity index (χ1n) is 16.4. The summed E-state index contributed by atoms with van der Waals surface area (Å²) < 4.78 is 305. The van der Waals surface area contributed by atoms with E-state index in [0.717, 1.165) is 22.2 Å². The third kappa shape index (κ3) is 8.36. The van der Waals surface area contributed by atoms with Gasteiger partial charge in [-0.15, -0.1) is 21.9 Å². The summed E-state index contributed by atoms with van der Waals surface area (Å²) in [6.07, 6.45) is -5.55. The number of hydrogen-bond acceptors (Lipinski definition) is 3. The molecule has 5 aromatic carbocycles. The largest absolute Gasteiger partial charge is 0.391 e. The van der Waals surface area contributed by atoms with Gasteiger partial charge in [0.05, 0.1) is 13.2 Å². The Kier molecular flexibility index (Phi) is 15.5. The van der Waals surface area contributed by atoms with Crippen LogP contribution in [0.25, 0.3) is 0 Å². The van der Waals surface area contributed by atoms with Crippen molar-refractivity contribution in [3.63, 3.8) is 0 Å². The lowest BCUT2D eigenvalue weighted by Crippen LogP contribution is -2.81.